The fraction of sp³-hybridized carbons (Fsp3) is 0.143. The molecule has 0 saturated heterocycles. The Morgan fingerprint density at radius 3 is 2.78 bits per heavy atom. The summed E-state index contributed by atoms with van der Waals surface area (Å²) in [6.07, 6.45) is 0. The molecule has 0 amide bonds. The molecular weight excluding hydrogens is 314 g/mol. The smallest absolute Gasteiger partial charge is 0.139 e. The van der Waals surface area contributed by atoms with Gasteiger partial charge in [0.1, 0.15) is 5.75 Å². The van der Waals surface area contributed by atoms with E-state index in [0.29, 0.717) is 11.6 Å². The maximum absolute atomic E-state index is 9.79. The lowest BCUT2D eigenvalue weighted by molar-refractivity contribution is 0.469. The van der Waals surface area contributed by atoms with Crippen LogP contribution in [0.15, 0.2) is 40.9 Å². The van der Waals surface area contributed by atoms with Crippen LogP contribution < -0.4 is 5.32 Å². The molecule has 18 heavy (non-hydrogen) atoms. The molecule has 0 aliphatic rings. The minimum absolute atomic E-state index is 0.139. The van der Waals surface area contributed by atoms with Crippen molar-refractivity contribution in [3.63, 3.8) is 0 Å². The molecule has 0 spiro atoms. The van der Waals surface area contributed by atoms with E-state index in [1.807, 2.05) is 37.3 Å². The Labute approximate surface area is 120 Å². The van der Waals surface area contributed by atoms with E-state index >= 15 is 0 Å². The van der Waals surface area contributed by atoms with Crippen molar-refractivity contribution in [2.24, 2.45) is 0 Å². The predicted molar refractivity (Wildman–Crippen MR) is 79.3 cm³/mol. The SMILES string of the molecule is Cc1cc(NCc2cccc(Cl)c2O)ccc1Br. The molecule has 0 atom stereocenters. The maximum Gasteiger partial charge on any atom is 0.139 e. The zero-order chi connectivity index (χ0) is 13.1. The third kappa shape index (κ3) is 2.98. The van der Waals surface area contributed by atoms with Crippen molar-refractivity contribution in [3.8, 4) is 5.75 Å². The summed E-state index contributed by atoms with van der Waals surface area (Å²) in [5.41, 5.74) is 2.95. The van der Waals surface area contributed by atoms with Crippen molar-refractivity contribution < 1.29 is 5.11 Å². The van der Waals surface area contributed by atoms with Gasteiger partial charge in [-0.2, -0.15) is 0 Å². The van der Waals surface area contributed by atoms with E-state index in [4.69, 9.17) is 11.6 Å². The van der Waals surface area contributed by atoms with Crippen molar-refractivity contribution in [1.82, 2.24) is 0 Å². The standard InChI is InChI=1S/C14H13BrClNO/c1-9-7-11(5-6-12(9)15)17-8-10-3-2-4-13(16)14(10)18/h2-7,17-18H,8H2,1H3. The van der Waals surface area contributed by atoms with Gasteiger partial charge in [0.05, 0.1) is 5.02 Å². The molecule has 0 aromatic heterocycles. The summed E-state index contributed by atoms with van der Waals surface area (Å²) >= 11 is 9.32. The fourth-order valence-electron chi connectivity index (χ4n) is 1.65. The van der Waals surface area contributed by atoms with E-state index in [9.17, 15) is 5.11 Å². The van der Waals surface area contributed by atoms with Gasteiger partial charge in [-0.1, -0.05) is 39.7 Å². The topological polar surface area (TPSA) is 32.3 Å². The van der Waals surface area contributed by atoms with Crippen molar-refractivity contribution in [3.05, 3.63) is 57.0 Å². The van der Waals surface area contributed by atoms with Gasteiger partial charge in [0, 0.05) is 22.3 Å². The van der Waals surface area contributed by atoms with Gasteiger partial charge in [0.15, 0.2) is 0 Å². The number of halogens is 2. The summed E-state index contributed by atoms with van der Waals surface area (Å²) in [7, 11) is 0. The van der Waals surface area contributed by atoms with Gasteiger partial charge in [-0.05, 0) is 36.8 Å². The Morgan fingerprint density at radius 2 is 2.06 bits per heavy atom. The Hall–Kier alpha value is -1.19. The Kier molecular flexibility index (Phi) is 4.15. The van der Waals surface area contributed by atoms with Crippen LogP contribution in [0.1, 0.15) is 11.1 Å². The molecule has 4 heteroatoms. The minimum atomic E-state index is 0.139. The highest BCUT2D eigenvalue weighted by molar-refractivity contribution is 9.10. The first kappa shape index (κ1) is 13.2. The van der Waals surface area contributed by atoms with E-state index in [0.717, 1.165) is 21.3 Å². The molecule has 2 nitrogen and oxygen atoms in total. The second-order valence-electron chi connectivity index (χ2n) is 4.07. The van der Waals surface area contributed by atoms with E-state index < -0.39 is 0 Å². The predicted octanol–water partition coefficient (Wildman–Crippen LogP) is 4.73. The number of para-hydroxylation sites is 1. The average molecular weight is 327 g/mol. The number of hydrogen-bond donors (Lipinski definition) is 2. The van der Waals surface area contributed by atoms with Crippen LogP contribution in [0.25, 0.3) is 0 Å². The van der Waals surface area contributed by atoms with Gasteiger partial charge in [-0.25, -0.2) is 0 Å². The lowest BCUT2D eigenvalue weighted by Gasteiger charge is -2.10. The molecule has 94 valence electrons. The quantitative estimate of drug-likeness (QED) is 0.854. The molecule has 0 fully saturated rings. The van der Waals surface area contributed by atoms with Gasteiger partial charge in [0.25, 0.3) is 0 Å². The number of benzene rings is 2. The van der Waals surface area contributed by atoms with Gasteiger partial charge >= 0.3 is 0 Å². The van der Waals surface area contributed by atoms with Crippen molar-refractivity contribution in [2.45, 2.75) is 13.5 Å². The molecule has 0 aliphatic heterocycles. The summed E-state index contributed by atoms with van der Waals surface area (Å²) < 4.78 is 1.08. The first-order chi connectivity index (χ1) is 8.58. The number of nitrogens with one attached hydrogen (secondary N) is 1. The second kappa shape index (κ2) is 5.63. The molecular formula is C14H13BrClNO. The lowest BCUT2D eigenvalue weighted by atomic mass is 10.2. The summed E-state index contributed by atoms with van der Waals surface area (Å²) in [5.74, 6) is 0.139. The highest BCUT2D eigenvalue weighted by atomic mass is 79.9. The Bertz CT molecular complexity index is 572. The number of hydrogen-bond acceptors (Lipinski definition) is 2. The average Bonchev–Trinajstić information content (AvgIpc) is 2.35. The number of rotatable bonds is 3. The zero-order valence-corrected chi connectivity index (χ0v) is 12.2. The van der Waals surface area contributed by atoms with Gasteiger partial charge in [-0.3, -0.25) is 0 Å². The monoisotopic (exact) mass is 325 g/mol. The number of aryl methyl sites for hydroxylation is 1. The third-order valence-electron chi connectivity index (χ3n) is 2.71. The molecule has 0 saturated carbocycles. The largest absolute Gasteiger partial charge is 0.506 e. The molecule has 2 aromatic carbocycles. The Morgan fingerprint density at radius 1 is 1.28 bits per heavy atom. The fourth-order valence-corrected chi connectivity index (χ4v) is 2.10. The number of aromatic hydroxyl groups is 1. The molecule has 0 heterocycles. The molecule has 0 bridgehead atoms. The van der Waals surface area contributed by atoms with Crippen LogP contribution in [0.5, 0.6) is 5.75 Å². The highest BCUT2D eigenvalue weighted by Crippen LogP contribution is 2.28. The van der Waals surface area contributed by atoms with Crippen molar-refractivity contribution in [2.75, 3.05) is 5.32 Å². The summed E-state index contributed by atoms with van der Waals surface area (Å²) in [6, 6.07) is 11.4. The van der Waals surface area contributed by atoms with Crippen molar-refractivity contribution >= 4 is 33.2 Å². The van der Waals surface area contributed by atoms with Gasteiger partial charge in [0.2, 0.25) is 0 Å². The first-order valence-corrected chi connectivity index (χ1v) is 6.71. The van der Waals surface area contributed by atoms with E-state index in [1.54, 1.807) is 6.07 Å². The van der Waals surface area contributed by atoms with Crippen LogP contribution in [0.4, 0.5) is 5.69 Å². The molecule has 0 aliphatic carbocycles. The van der Waals surface area contributed by atoms with Gasteiger partial charge < -0.3 is 10.4 Å². The van der Waals surface area contributed by atoms with Crippen molar-refractivity contribution in [1.29, 1.82) is 0 Å². The summed E-state index contributed by atoms with van der Waals surface area (Å²) in [6.45, 7) is 2.57. The highest BCUT2D eigenvalue weighted by Gasteiger charge is 2.05. The first-order valence-electron chi connectivity index (χ1n) is 5.54. The van der Waals surface area contributed by atoms with E-state index in [1.165, 1.54) is 0 Å². The van der Waals surface area contributed by atoms with Crippen LogP contribution in [-0.4, -0.2) is 5.11 Å². The zero-order valence-electron chi connectivity index (χ0n) is 9.87. The van der Waals surface area contributed by atoms with Crippen LogP contribution in [0, 0.1) is 6.92 Å². The normalized spacial score (nSPS) is 10.4. The van der Waals surface area contributed by atoms with Gasteiger partial charge in [-0.15, -0.1) is 0 Å². The minimum Gasteiger partial charge on any atom is -0.506 e. The summed E-state index contributed by atoms with van der Waals surface area (Å²) in [5, 5.41) is 13.4. The van der Waals surface area contributed by atoms with Crippen LogP contribution in [-0.2, 0) is 6.54 Å². The number of phenols is 1. The second-order valence-corrected chi connectivity index (χ2v) is 5.33. The molecule has 2 aromatic rings. The number of anilines is 1. The molecule has 2 N–H and O–H groups in total. The molecule has 0 unspecified atom stereocenters. The molecule has 2 rings (SSSR count). The maximum atomic E-state index is 9.79. The van der Waals surface area contributed by atoms with Crippen LogP contribution in [0.3, 0.4) is 0 Å². The molecule has 0 radical (unpaired) electrons. The van der Waals surface area contributed by atoms with E-state index in [-0.39, 0.29) is 5.75 Å². The van der Waals surface area contributed by atoms with E-state index in [2.05, 4.69) is 21.2 Å². The summed E-state index contributed by atoms with van der Waals surface area (Å²) in [4.78, 5) is 0. The Balaban J connectivity index is 2.11. The lowest BCUT2D eigenvalue weighted by Crippen LogP contribution is -2.00. The van der Waals surface area contributed by atoms with Crippen LogP contribution >= 0.6 is 27.5 Å². The number of phenolic OH excluding ortho intramolecular Hbond substituents is 1. The van der Waals surface area contributed by atoms with Crippen LogP contribution in [0.2, 0.25) is 5.02 Å². The third-order valence-corrected chi connectivity index (χ3v) is 3.91.